The lowest BCUT2D eigenvalue weighted by Crippen LogP contribution is -2.00. The molecular weight excluding hydrogens is 324 g/mol. The van der Waals surface area contributed by atoms with Crippen molar-refractivity contribution in [1.29, 1.82) is 0 Å². The number of para-hydroxylation sites is 1. The summed E-state index contributed by atoms with van der Waals surface area (Å²) in [5.74, 6) is 1.56. The topological polar surface area (TPSA) is 55.7 Å². The van der Waals surface area contributed by atoms with Crippen molar-refractivity contribution in [3.05, 3.63) is 65.3 Å². The number of nitrogens with one attached hydrogen (secondary N) is 1. The van der Waals surface area contributed by atoms with Crippen LogP contribution in [-0.4, -0.2) is 26.9 Å². The van der Waals surface area contributed by atoms with Gasteiger partial charge in [-0.1, -0.05) is 29.8 Å². The van der Waals surface area contributed by atoms with Gasteiger partial charge in [-0.3, -0.25) is 4.68 Å². The molecule has 0 amide bonds. The van der Waals surface area contributed by atoms with Crippen molar-refractivity contribution in [3.8, 4) is 17.3 Å². The quantitative estimate of drug-likeness (QED) is 0.608. The maximum absolute atomic E-state index is 6.18. The number of ether oxygens (including phenoxy) is 1. The van der Waals surface area contributed by atoms with Crippen LogP contribution in [0.1, 0.15) is 5.56 Å². The van der Waals surface area contributed by atoms with Crippen molar-refractivity contribution in [3.63, 3.8) is 0 Å². The largest absolute Gasteiger partial charge is 0.497 e. The molecule has 6 heteroatoms. The SMILES string of the molecule is COc1ccc(Cn2ccc(-c3nc4c(Cl)cccc4[nH]3)n2)cc1. The molecule has 4 aromatic rings. The van der Waals surface area contributed by atoms with Gasteiger partial charge in [0.25, 0.3) is 0 Å². The maximum Gasteiger partial charge on any atom is 0.159 e. The van der Waals surface area contributed by atoms with Gasteiger partial charge in [-0.2, -0.15) is 5.10 Å². The Balaban J connectivity index is 1.60. The van der Waals surface area contributed by atoms with E-state index in [1.165, 1.54) is 0 Å². The molecule has 0 spiro atoms. The number of H-pyrrole nitrogens is 1. The average Bonchev–Trinajstić information content (AvgIpc) is 3.23. The fourth-order valence-electron chi connectivity index (χ4n) is 2.61. The highest BCUT2D eigenvalue weighted by molar-refractivity contribution is 6.34. The van der Waals surface area contributed by atoms with Crippen molar-refractivity contribution in [2.75, 3.05) is 7.11 Å². The smallest absolute Gasteiger partial charge is 0.159 e. The number of halogens is 1. The van der Waals surface area contributed by atoms with Gasteiger partial charge in [0.1, 0.15) is 17.0 Å². The lowest BCUT2D eigenvalue weighted by atomic mass is 10.2. The highest BCUT2D eigenvalue weighted by Crippen LogP contribution is 2.24. The Morgan fingerprint density at radius 1 is 1.12 bits per heavy atom. The summed E-state index contributed by atoms with van der Waals surface area (Å²) in [4.78, 5) is 7.80. The molecule has 5 nitrogen and oxygen atoms in total. The van der Waals surface area contributed by atoms with E-state index in [0.717, 1.165) is 28.0 Å². The van der Waals surface area contributed by atoms with Crippen LogP contribution in [0.5, 0.6) is 5.75 Å². The molecule has 0 radical (unpaired) electrons. The monoisotopic (exact) mass is 338 g/mol. The lowest BCUT2D eigenvalue weighted by Gasteiger charge is -2.03. The number of imidazole rings is 1. The van der Waals surface area contributed by atoms with Gasteiger partial charge >= 0.3 is 0 Å². The van der Waals surface area contributed by atoms with E-state index in [1.807, 2.05) is 59.4 Å². The molecule has 2 aromatic carbocycles. The molecule has 0 atom stereocenters. The van der Waals surface area contributed by atoms with Gasteiger partial charge in [0.05, 0.1) is 24.2 Å². The van der Waals surface area contributed by atoms with Crippen LogP contribution in [0.2, 0.25) is 5.02 Å². The van der Waals surface area contributed by atoms with Crippen molar-refractivity contribution in [2.45, 2.75) is 6.54 Å². The number of hydrogen-bond acceptors (Lipinski definition) is 3. The van der Waals surface area contributed by atoms with Crippen molar-refractivity contribution < 1.29 is 4.74 Å². The Morgan fingerprint density at radius 3 is 2.71 bits per heavy atom. The molecule has 2 aromatic heterocycles. The third-order valence-corrected chi connectivity index (χ3v) is 4.16. The van der Waals surface area contributed by atoms with Gasteiger partial charge in [-0.15, -0.1) is 0 Å². The number of hydrogen-bond donors (Lipinski definition) is 1. The molecule has 0 aliphatic rings. The normalized spacial score (nSPS) is 11.1. The van der Waals surface area contributed by atoms with Crippen molar-refractivity contribution >= 4 is 22.6 Å². The van der Waals surface area contributed by atoms with E-state index in [2.05, 4.69) is 15.1 Å². The first kappa shape index (κ1) is 14.8. The van der Waals surface area contributed by atoms with Crippen LogP contribution < -0.4 is 4.74 Å². The molecule has 120 valence electrons. The first-order valence-electron chi connectivity index (χ1n) is 7.54. The molecule has 0 saturated carbocycles. The van der Waals surface area contributed by atoms with Gasteiger partial charge in [0, 0.05) is 6.20 Å². The number of aromatic nitrogens is 4. The van der Waals surface area contributed by atoms with E-state index < -0.39 is 0 Å². The van der Waals surface area contributed by atoms with Crippen LogP contribution in [0.25, 0.3) is 22.6 Å². The second kappa shape index (κ2) is 6.02. The van der Waals surface area contributed by atoms with E-state index in [4.69, 9.17) is 16.3 Å². The molecule has 1 N–H and O–H groups in total. The molecule has 2 heterocycles. The minimum atomic E-state index is 0.632. The Labute approximate surface area is 143 Å². The molecule has 0 aliphatic heterocycles. The van der Waals surface area contributed by atoms with Crippen LogP contribution >= 0.6 is 11.6 Å². The summed E-state index contributed by atoms with van der Waals surface area (Å²) in [6.07, 6.45) is 1.94. The number of aromatic amines is 1. The first-order chi connectivity index (χ1) is 11.7. The first-order valence-corrected chi connectivity index (χ1v) is 7.92. The Bertz CT molecular complexity index is 988. The summed E-state index contributed by atoms with van der Waals surface area (Å²) >= 11 is 6.18. The zero-order chi connectivity index (χ0) is 16.5. The van der Waals surface area contributed by atoms with Crippen molar-refractivity contribution in [1.82, 2.24) is 19.7 Å². The Morgan fingerprint density at radius 2 is 1.96 bits per heavy atom. The zero-order valence-electron chi connectivity index (χ0n) is 13.0. The van der Waals surface area contributed by atoms with Crippen LogP contribution in [0.4, 0.5) is 0 Å². The second-order valence-corrected chi connectivity index (χ2v) is 5.88. The molecule has 4 rings (SSSR count). The third kappa shape index (κ3) is 2.74. The number of methoxy groups -OCH3 is 1. The third-order valence-electron chi connectivity index (χ3n) is 3.85. The second-order valence-electron chi connectivity index (χ2n) is 5.47. The fraction of sp³-hybridized carbons (Fsp3) is 0.111. The molecule has 0 saturated heterocycles. The van der Waals surface area contributed by atoms with Crippen LogP contribution in [0.3, 0.4) is 0 Å². The minimum absolute atomic E-state index is 0.632. The Kier molecular flexibility index (Phi) is 3.70. The van der Waals surface area contributed by atoms with E-state index >= 15 is 0 Å². The summed E-state index contributed by atoms with van der Waals surface area (Å²) in [5.41, 5.74) is 3.61. The highest BCUT2D eigenvalue weighted by Gasteiger charge is 2.10. The Hall–Kier alpha value is -2.79. The summed E-state index contributed by atoms with van der Waals surface area (Å²) in [7, 11) is 1.66. The van der Waals surface area contributed by atoms with Crippen LogP contribution in [0.15, 0.2) is 54.7 Å². The molecule has 0 aliphatic carbocycles. The zero-order valence-corrected chi connectivity index (χ0v) is 13.8. The summed E-state index contributed by atoms with van der Waals surface area (Å²) in [6, 6.07) is 15.6. The molecular formula is C18H15ClN4O. The lowest BCUT2D eigenvalue weighted by molar-refractivity contribution is 0.414. The van der Waals surface area contributed by atoms with Crippen LogP contribution in [-0.2, 0) is 6.54 Å². The number of rotatable bonds is 4. The fourth-order valence-corrected chi connectivity index (χ4v) is 2.83. The predicted octanol–water partition coefficient (Wildman–Crippen LogP) is 4.14. The summed E-state index contributed by atoms with van der Waals surface area (Å²) in [6.45, 7) is 0.685. The maximum atomic E-state index is 6.18. The van der Waals surface area contributed by atoms with Crippen molar-refractivity contribution in [2.24, 2.45) is 0 Å². The molecule has 0 bridgehead atoms. The van der Waals surface area contributed by atoms with Gasteiger partial charge < -0.3 is 9.72 Å². The predicted molar refractivity (Wildman–Crippen MR) is 94.4 cm³/mol. The number of nitrogens with zero attached hydrogens (tertiary/aromatic N) is 3. The molecule has 24 heavy (non-hydrogen) atoms. The van der Waals surface area contributed by atoms with E-state index in [0.29, 0.717) is 17.4 Å². The van der Waals surface area contributed by atoms with E-state index in [9.17, 15) is 0 Å². The van der Waals surface area contributed by atoms with E-state index in [1.54, 1.807) is 7.11 Å². The van der Waals surface area contributed by atoms with Gasteiger partial charge in [0.15, 0.2) is 5.82 Å². The van der Waals surface area contributed by atoms with Gasteiger partial charge in [-0.25, -0.2) is 4.98 Å². The molecule has 0 fully saturated rings. The minimum Gasteiger partial charge on any atom is -0.497 e. The molecule has 0 unspecified atom stereocenters. The number of benzene rings is 2. The summed E-state index contributed by atoms with van der Waals surface area (Å²) in [5, 5.41) is 5.22. The summed E-state index contributed by atoms with van der Waals surface area (Å²) < 4.78 is 7.06. The number of fused-ring (bicyclic) bond motifs is 1. The van der Waals surface area contributed by atoms with Gasteiger partial charge in [0.2, 0.25) is 0 Å². The average molecular weight is 339 g/mol. The van der Waals surface area contributed by atoms with E-state index in [-0.39, 0.29) is 0 Å². The highest BCUT2D eigenvalue weighted by atomic mass is 35.5. The van der Waals surface area contributed by atoms with Crippen LogP contribution in [0, 0.1) is 0 Å². The standard InChI is InChI=1S/C18H15ClN4O/c1-24-13-7-5-12(6-8-13)11-23-10-9-16(22-23)18-20-15-4-2-3-14(19)17(15)21-18/h2-10H,11H2,1H3,(H,20,21). The van der Waals surface area contributed by atoms with Gasteiger partial charge in [-0.05, 0) is 35.9 Å².